The highest BCUT2D eigenvalue weighted by atomic mass is 32.2. The lowest BCUT2D eigenvalue weighted by molar-refractivity contribution is 0.594. The number of anilines is 1. The van der Waals surface area contributed by atoms with Crippen molar-refractivity contribution in [3.8, 4) is 0 Å². The summed E-state index contributed by atoms with van der Waals surface area (Å²) in [6.07, 6.45) is 0. The lowest BCUT2D eigenvalue weighted by Crippen LogP contribution is -2.29. The van der Waals surface area contributed by atoms with Crippen molar-refractivity contribution < 1.29 is 8.42 Å². The van der Waals surface area contributed by atoms with Gasteiger partial charge in [0.15, 0.2) is 0 Å². The first-order chi connectivity index (χ1) is 9.84. The first-order valence-corrected chi connectivity index (χ1v) is 8.13. The average Bonchev–Trinajstić information content (AvgIpc) is 2.46. The first-order valence-electron chi connectivity index (χ1n) is 6.28. The predicted molar refractivity (Wildman–Crippen MR) is 89.1 cm³/mol. The van der Waals surface area contributed by atoms with E-state index in [0.29, 0.717) is 11.3 Å². The molecule has 0 amide bonds. The maximum absolute atomic E-state index is 12.7. The summed E-state index contributed by atoms with van der Waals surface area (Å²) in [5.41, 5.74) is 7.55. The van der Waals surface area contributed by atoms with Gasteiger partial charge in [0.2, 0.25) is 0 Å². The number of benzene rings is 2. The molecule has 4 nitrogen and oxygen atoms in total. The van der Waals surface area contributed by atoms with Gasteiger partial charge in [0.1, 0.15) is 4.99 Å². The van der Waals surface area contributed by atoms with Crippen molar-refractivity contribution in [2.45, 2.75) is 11.8 Å². The van der Waals surface area contributed by atoms with Gasteiger partial charge in [-0.15, -0.1) is 0 Å². The van der Waals surface area contributed by atoms with Crippen LogP contribution in [0.3, 0.4) is 0 Å². The van der Waals surface area contributed by atoms with Crippen LogP contribution in [0, 0.1) is 6.92 Å². The summed E-state index contributed by atoms with van der Waals surface area (Å²) in [6, 6.07) is 13.7. The van der Waals surface area contributed by atoms with Crippen LogP contribution in [-0.2, 0) is 10.0 Å². The first kappa shape index (κ1) is 15.5. The van der Waals surface area contributed by atoms with Gasteiger partial charge in [-0.05, 0) is 36.8 Å². The lowest BCUT2D eigenvalue weighted by Gasteiger charge is -2.22. The van der Waals surface area contributed by atoms with Crippen molar-refractivity contribution >= 4 is 32.9 Å². The van der Waals surface area contributed by atoms with Crippen molar-refractivity contribution in [2.75, 3.05) is 11.4 Å². The highest BCUT2D eigenvalue weighted by Crippen LogP contribution is 2.25. The SMILES string of the molecule is Cc1cccc(S(=O)(=O)N(C)c2ccccc2C(N)=S)c1. The zero-order chi connectivity index (χ0) is 15.6. The van der Waals surface area contributed by atoms with Crippen LogP contribution < -0.4 is 10.0 Å². The summed E-state index contributed by atoms with van der Waals surface area (Å²) in [6.45, 7) is 1.85. The second-order valence-electron chi connectivity index (χ2n) is 4.67. The van der Waals surface area contributed by atoms with Crippen molar-refractivity contribution in [3.05, 3.63) is 59.7 Å². The topological polar surface area (TPSA) is 63.4 Å². The second-order valence-corrected chi connectivity index (χ2v) is 7.08. The Kier molecular flexibility index (Phi) is 4.29. The third-order valence-corrected chi connectivity index (χ3v) is 5.14. The molecule has 0 saturated heterocycles. The molecule has 0 atom stereocenters. The second kappa shape index (κ2) is 5.83. The predicted octanol–water partition coefficient (Wildman–Crippen LogP) is 2.45. The molecule has 0 heterocycles. The van der Waals surface area contributed by atoms with Crippen LogP contribution in [0.4, 0.5) is 5.69 Å². The zero-order valence-electron chi connectivity index (χ0n) is 11.8. The number of para-hydroxylation sites is 1. The number of hydrogen-bond donors (Lipinski definition) is 1. The van der Waals surface area contributed by atoms with Gasteiger partial charge in [0.25, 0.3) is 10.0 Å². The molecule has 0 aliphatic heterocycles. The standard InChI is InChI=1S/C15H16N2O2S2/c1-11-6-5-7-12(10-11)21(18,19)17(2)14-9-4-3-8-13(14)15(16)20/h3-10H,1-2H3,(H2,16,20). The van der Waals surface area contributed by atoms with E-state index in [1.807, 2.05) is 13.0 Å². The van der Waals surface area contributed by atoms with Gasteiger partial charge in [-0.25, -0.2) is 8.42 Å². The summed E-state index contributed by atoms with van der Waals surface area (Å²) in [5.74, 6) is 0. The molecule has 2 rings (SSSR count). The Morgan fingerprint density at radius 1 is 1.14 bits per heavy atom. The quantitative estimate of drug-likeness (QED) is 0.879. The molecule has 0 bridgehead atoms. The minimum atomic E-state index is -3.65. The van der Waals surface area contributed by atoms with E-state index >= 15 is 0 Å². The van der Waals surface area contributed by atoms with Gasteiger partial charge in [-0.1, -0.05) is 36.5 Å². The Morgan fingerprint density at radius 3 is 2.43 bits per heavy atom. The Morgan fingerprint density at radius 2 is 1.81 bits per heavy atom. The molecule has 0 fully saturated rings. The molecule has 0 aromatic heterocycles. The highest BCUT2D eigenvalue weighted by molar-refractivity contribution is 7.92. The molecule has 0 aliphatic rings. The summed E-state index contributed by atoms with van der Waals surface area (Å²) in [5, 5.41) is 0. The van der Waals surface area contributed by atoms with Crippen LogP contribution in [0.5, 0.6) is 0 Å². The summed E-state index contributed by atoms with van der Waals surface area (Å²) >= 11 is 4.99. The molecule has 110 valence electrons. The van der Waals surface area contributed by atoms with Gasteiger partial charge < -0.3 is 5.73 Å². The molecular formula is C15H16N2O2S2. The number of hydrogen-bond acceptors (Lipinski definition) is 3. The van der Waals surface area contributed by atoms with Crippen molar-refractivity contribution in [2.24, 2.45) is 5.73 Å². The number of sulfonamides is 1. The van der Waals surface area contributed by atoms with Gasteiger partial charge in [-0.3, -0.25) is 4.31 Å². The average molecular weight is 320 g/mol. The minimum Gasteiger partial charge on any atom is -0.389 e. The molecule has 2 aromatic rings. The fraction of sp³-hybridized carbons (Fsp3) is 0.133. The third kappa shape index (κ3) is 3.06. The Bertz CT molecular complexity index is 786. The zero-order valence-corrected chi connectivity index (χ0v) is 13.4. The highest BCUT2D eigenvalue weighted by Gasteiger charge is 2.23. The summed E-state index contributed by atoms with van der Waals surface area (Å²) in [7, 11) is -2.16. The molecule has 0 saturated carbocycles. The monoisotopic (exact) mass is 320 g/mol. The molecule has 6 heteroatoms. The molecule has 0 radical (unpaired) electrons. The molecule has 0 spiro atoms. The Labute approximate surface area is 130 Å². The van der Waals surface area contributed by atoms with Crippen molar-refractivity contribution in [3.63, 3.8) is 0 Å². The lowest BCUT2D eigenvalue weighted by atomic mass is 10.2. The minimum absolute atomic E-state index is 0.164. The van der Waals surface area contributed by atoms with E-state index in [0.717, 1.165) is 5.56 Å². The molecular weight excluding hydrogens is 304 g/mol. The number of thiocarbonyl (C=S) groups is 1. The van der Waals surface area contributed by atoms with E-state index in [9.17, 15) is 8.42 Å². The fourth-order valence-corrected chi connectivity index (χ4v) is 3.51. The summed E-state index contributed by atoms with van der Waals surface area (Å²) in [4.78, 5) is 0.402. The van der Waals surface area contributed by atoms with Gasteiger partial charge in [0.05, 0.1) is 10.6 Å². The van der Waals surface area contributed by atoms with E-state index in [1.54, 1.807) is 42.5 Å². The molecule has 0 aliphatic carbocycles. The van der Waals surface area contributed by atoms with Crippen molar-refractivity contribution in [1.29, 1.82) is 0 Å². The third-order valence-electron chi connectivity index (χ3n) is 3.16. The number of nitrogens with zero attached hydrogens (tertiary/aromatic N) is 1. The normalized spacial score (nSPS) is 11.1. The number of rotatable bonds is 4. The van der Waals surface area contributed by atoms with Crippen LogP contribution in [0.1, 0.15) is 11.1 Å². The largest absolute Gasteiger partial charge is 0.389 e. The van der Waals surface area contributed by atoms with Gasteiger partial charge in [-0.2, -0.15) is 0 Å². The fourth-order valence-electron chi connectivity index (χ4n) is 2.02. The van der Waals surface area contributed by atoms with E-state index in [4.69, 9.17) is 18.0 Å². The Hall–Kier alpha value is -1.92. The molecule has 2 N–H and O–H groups in total. The number of aryl methyl sites for hydroxylation is 1. The molecule has 0 unspecified atom stereocenters. The maximum atomic E-state index is 12.7. The van der Waals surface area contributed by atoms with E-state index in [2.05, 4.69) is 0 Å². The van der Waals surface area contributed by atoms with Crippen LogP contribution >= 0.6 is 12.2 Å². The van der Waals surface area contributed by atoms with Gasteiger partial charge in [0, 0.05) is 12.6 Å². The van der Waals surface area contributed by atoms with Crippen molar-refractivity contribution in [1.82, 2.24) is 0 Å². The van der Waals surface area contributed by atoms with Crippen LogP contribution in [-0.4, -0.2) is 20.5 Å². The number of nitrogens with two attached hydrogens (primary N) is 1. The Balaban J connectivity index is 2.54. The van der Waals surface area contributed by atoms with E-state index in [-0.39, 0.29) is 9.88 Å². The molecule has 2 aromatic carbocycles. The van der Waals surface area contributed by atoms with Crippen LogP contribution in [0.15, 0.2) is 53.4 Å². The van der Waals surface area contributed by atoms with Crippen LogP contribution in [0.2, 0.25) is 0 Å². The van der Waals surface area contributed by atoms with Crippen LogP contribution in [0.25, 0.3) is 0 Å². The summed E-state index contributed by atoms with van der Waals surface area (Å²) < 4.78 is 26.6. The van der Waals surface area contributed by atoms with Gasteiger partial charge >= 0.3 is 0 Å². The van der Waals surface area contributed by atoms with E-state index < -0.39 is 10.0 Å². The van der Waals surface area contributed by atoms with E-state index in [1.165, 1.54) is 11.4 Å². The maximum Gasteiger partial charge on any atom is 0.264 e. The smallest absolute Gasteiger partial charge is 0.264 e. The molecule has 21 heavy (non-hydrogen) atoms.